The van der Waals surface area contributed by atoms with Gasteiger partial charge in [-0.3, -0.25) is 19.0 Å². The number of aryl methyl sites for hydroxylation is 3. The van der Waals surface area contributed by atoms with Gasteiger partial charge in [-0.25, -0.2) is 13.8 Å². The molecule has 4 aromatic rings. The van der Waals surface area contributed by atoms with Crippen LogP contribution in [-0.4, -0.2) is 36.4 Å². The first-order valence-corrected chi connectivity index (χ1v) is 11.5. The van der Waals surface area contributed by atoms with Gasteiger partial charge in [0.15, 0.2) is 5.69 Å². The Kier molecular flexibility index (Phi) is 6.52. The summed E-state index contributed by atoms with van der Waals surface area (Å²) in [7, 11) is 1.64. The van der Waals surface area contributed by atoms with Gasteiger partial charge in [-0.05, 0) is 38.5 Å². The summed E-state index contributed by atoms with van der Waals surface area (Å²) in [6.07, 6.45) is -6.05. The number of alkyl halides is 5. The number of anilines is 1. The second-order valence-electron chi connectivity index (χ2n) is 8.33. The number of thiophene rings is 1. The van der Waals surface area contributed by atoms with E-state index in [-0.39, 0.29) is 32.0 Å². The van der Waals surface area contributed by atoms with Crippen LogP contribution in [0.25, 0.3) is 21.3 Å². The van der Waals surface area contributed by atoms with Crippen molar-refractivity contribution in [1.82, 2.24) is 24.5 Å². The van der Waals surface area contributed by atoms with E-state index in [0.717, 1.165) is 16.8 Å². The topological polar surface area (TPSA) is 121 Å². The molecule has 0 aromatic carbocycles. The zero-order chi connectivity index (χ0) is 27.4. The number of halogens is 5. The van der Waals surface area contributed by atoms with Crippen molar-refractivity contribution < 1.29 is 31.5 Å². The maximum atomic E-state index is 13.7. The van der Waals surface area contributed by atoms with E-state index >= 15 is 0 Å². The number of rotatable bonds is 6. The lowest BCUT2D eigenvalue weighted by molar-refractivity contribution is -0.141. The van der Waals surface area contributed by atoms with E-state index in [9.17, 15) is 31.5 Å². The second kappa shape index (κ2) is 9.21. The Bertz CT molecular complexity index is 1540. The number of hydrogen-bond acceptors (Lipinski definition) is 6. The van der Waals surface area contributed by atoms with Crippen LogP contribution in [0.5, 0.6) is 0 Å². The summed E-state index contributed by atoms with van der Waals surface area (Å²) >= 11 is 0.713. The molecule has 0 bridgehead atoms. The molecule has 0 aliphatic heterocycles. The number of pyridine rings is 1. The van der Waals surface area contributed by atoms with E-state index in [2.05, 4.69) is 20.5 Å². The molecule has 0 fully saturated rings. The van der Waals surface area contributed by atoms with E-state index in [1.54, 1.807) is 20.2 Å². The van der Waals surface area contributed by atoms with Crippen LogP contribution < -0.4 is 11.1 Å². The molecule has 1 atom stereocenters. The Balaban J connectivity index is 1.87. The number of fused-ring (bicyclic) bond motifs is 1. The fourth-order valence-electron chi connectivity index (χ4n) is 3.96. The van der Waals surface area contributed by atoms with E-state index < -0.39 is 41.8 Å². The largest absolute Gasteiger partial charge is 0.435 e. The Morgan fingerprint density at radius 3 is 2.32 bits per heavy atom. The Hall–Kier alpha value is -3.88. The summed E-state index contributed by atoms with van der Waals surface area (Å²) in [5.41, 5.74) is 4.96. The van der Waals surface area contributed by atoms with Crippen molar-refractivity contribution in [2.75, 3.05) is 5.32 Å². The summed E-state index contributed by atoms with van der Waals surface area (Å²) in [5, 5.41) is 10.4. The van der Waals surface area contributed by atoms with Crippen molar-refractivity contribution >= 4 is 39.1 Å². The smallest absolute Gasteiger partial charge is 0.365 e. The number of nitrogens with zero attached hydrogens (tertiary/aromatic N) is 5. The van der Waals surface area contributed by atoms with E-state index in [1.807, 2.05) is 0 Å². The highest BCUT2D eigenvalue weighted by Gasteiger charge is 2.36. The SMILES string of the molecule is Cc1nn(C)cc1-c1cc(C(F)F)nc2sc(C(N)=O)c(NC(=O)C(C)n3nc(C(F)(F)F)cc3C)c12. The number of nitrogens with two attached hydrogens (primary N) is 1. The monoisotopic (exact) mass is 541 g/mol. The van der Waals surface area contributed by atoms with Gasteiger partial charge in [-0.15, -0.1) is 11.3 Å². The van der Waals surface area contributed by atoms with Crippen molar-refractivity contribution in [2.24, 2.45) is 12.8 Å². The average Bonchev–Trinajstić information content (AvgIpc) is 3.46. The number of hydrogen-bond donors (Lipinski definition) is 2. The van der Waals surface area contributed by atoms with Crippen molar-refractivity contribution in [1.29, 1.82) is 0 Å². The van der Waals surface area contributed by atoms with Gasteiger partial charge in [-0.1, -0.05) is 0 Å². The molecule has 4 heterocycles. The highest BCUT2D eigenvalue weighted by Crippen LogP contribution is 2.43. The number of carbonyl (C=O) groups is 2. The normalized spacial score (nSPS) is 12.9. The number of amides is 2. The third-order valence-electron chi connectivity index (χ3n) is 5.64. The van der Waals surface area contributed by atoms with Crippen LogP contribution in [0.2, 0.25) is 0 Å². The van der Waals surface area contributed by atoms with Crippen LogP contribution >= 0.6 is 11.3 Å². The van der Waals surface area contributed by atoms with Crippen LogP contribution in [0.15, 0.2) is 18.3 Å². The Morgan fingerprint density at radius 2 is 1.81 bits per heavy atom. The van der Waals surface area contributed by atoms with E-state index in [4.69, 9.17) is 5.73 Å². The second-order valence-corrected chi connectivity index (χ2v) is 9.33. The molecule has 0 aliphatic rings. The van der Waals surface area contributed by atoms with Crippen molar-refractivity contribution in [3.05, 3.63) is 46.0 Å². The number of nitrogens with one attached hydrogen (secondary N) is 1. The molecule has 2 amide bonds. The molecule has 9 nitrogen and oxygen atoms in total. The molecular weight excluding hydrogens is 521 g/mol. The van der Waals surface area contributed by atoms with Crippen molar-refractivity contribution in [3.8, 4) is 11.1 Å². The molecule has 196 valence electrons. The molecular formula is C22H20F5N7O2S. The molecule has 37 heavy (non-hydrogen) atoms. The standard InChI is InChI=1S/C22H20F5N7O2S/c1-8-5-14(22(25,26)27)32-34(8)10(3)20(36)30-16-15-11(12-7-33(4)31-9(12)2)6-13(18(23)24)29-21(15)37-17(16)19(28)35/h5-7,10,18H,1-4H3,(H2,28,35)(H,30,36). The van der Waals surface area contributed by atoms with Gasteiger partial charge in [0.1, 0.15) is 21.4 Å². The van der Waals surface area contributed by atoms with Crippen molar-refractivity contribution in [2.45, 2.75) is 39.4 Å². The van der Waals surface area contributed by atoms with Crippen LogP contribution in [0.1, 0.15) is 51.8 Å². The fourth-order valence-corrected chi connectivity index (χ4v) is 4.97. The molecule has 4 aromatic heterocycles. The molecule has 3 N–H and O–H groups in total. The molecule has 15 heteroatoms. The summed E-state index contributed by atoms with van der Waals surface area (Å²) in [6.45, 7) is 4.34. The Labute approximate surface area is 210 Å². The maximum absolute atomic E-state index is 13.7. The summed E-state index contributed by atoms with van der Waals surface area (Å²) in [6, 6.07) is 0.710. The van der Waals surface area contributed by atoms with Crippen molar-refractivity contribution in [3.63, 3.8) is 0 Å². The van der Waals surface area contributed by atoms with Gasteiger partial charge >= 0.3 is 6.18 Å². The van der Waals surface area contributed by atoms with Crippen LogP contribution in [-0.2, 0) is 18.0 Å². The molecule has 0 spiro atoms. The predicted octanol–water partition coefficient (Wildman–Crippen LogP) is 4.77. The lowest BCUT2D eigenvalue weighted by atomic mass is 10.0. The van der Waals surface area contributed by atoms with Gasteiger partial charge in [0, 0.05) is 29.9 Å². The van der Waals surface area contributed by atoms with Gasteiger partial charge in [-0.2, -0.15) is 23.4 Å². The molecule has 1 unspecified atom stereocenters. The third-order valence-corrected chi connectivity index (χ3v) is 6.74. The zero-order valence-electron chi connectivity index (χ0n) is 19.8. The average molecular weight is 542 g/mol. The van der Waals surface area contributed by atoms with Crippen LogP contribution in [0.4, 0.5) is 27.6 Å². The first-order valence-electron chi connectivity index (χ1n) is 10.7. The lowest BCUT2D eigenvalue weighted by Gasteiger charge is -2.16. The van der Waals surface area contributed by atoms with Crippen LogP contribution in [0, 0.1) is 13.8 Å². The minimum atomic E-state index is -4.71. The fraction of sp³-hybridized carbons (Fsp3) is 0.318. The quantitative estimate of drug-likeness (QED) is 0.341. The summed E-state index contributed by atoms with van der Waals surface area (Å²) in [5.74, 6) is -1.76. The first-order chi connectivity index (χ1) is 17.2. The lowest BCUT2D eigenvalue weighted by Crippen LogP contribution is -2.26. The summed E-state index contributed by atoms with van der Waals surface area (Å²) in [4.78, 5) is 29.3. The minimum Gasteiger partial charge on any atom is -0.365 e. The minimum absolute atomic E-state index is 0.0161. The highest BCUT2D eigenvalue weighted by atomic mass is 32.1. The Morgan fingerprint density at radius 1 is 1.14 bits per heavy atom. The maximum Gasteiger partial charge on any atom is 0.435 e. The summed E-state index contributed by atoms with van der Waals surface area (Å²) < 4.78 is 69.0. The number of aromatic nitrogens is 5. The highest BCUT2D eigenvalue weighted by molar-refractivity contribution is 7.21. The molecule has 0 saturated heterocycles. The van der Waals surface area contributed by atoms with Crippen LogP contribution in [0.3, 0.4) is 0 Å². The van der Waals surface area contributed by atoms with E-state index in [0.29, 0.717) is 22.6 Å². The van der Waals surface area contributed by atoms with Gasteiger partial charge < -0.3 is 11.1 Å². The zero-order valence-corrected chi connectivity index (χ0v) is 20.6. The predicted molar refractivity (Wildman–Crippen MR) is 125 cm³/mol. The van der Waals surface area contributed by atoms with E-state index in [1.165, 1.54) is 18.5 Å². The number of primary amides is 1. The first kappa shape index (κ1) is 26.2. The molecule has 0 aliphatic carbocycles. The number of carbonyl (C=O) groups excluding carboxylic acids is 2. The molecule has 0 saturated carbocycles. The third kappa shape index (κ3) is 4.77. The molecule has 4 rings (SSSR count). The van der Waals surface area contributed by atoms with Gasteiger partial charge in [0.25, 0.3) is 12.3 Å². The van der Waals surface area contributed by atoms with Gasteiger partial charge in [0.2, 0.25) is 5.91 Å². The van der Waals surface area contributed by atoms with Gasteiger partial charge in [0.05, 0.1) is 11.4 Å². The molecule has 0 radical (unpaired) electrons.